The molecule has 1 aliphatic heterocycles. The van der Waals surface area contributed by atoms with E-state index in [1.807, 2.05) is 0 Å². The predicted molar refractivity (Wildman–Crippen MR) is 229 cm³/mol. The molecule has 1 fully saturated rings. The van der Waals surface area contributed by atoms with Crippen LogP contribution in [0.15, 0.2) is 41.8 Å². The van der Waals surface area contributed by atoms with Crippen LogP contribution in [0, 0.1) is 0 Å². The van der Waals surface area contributed by atoms with Crippen LogP contribution in [-0.2, 0) is 60.8 Å². The zero-order valence-electron chi connectivity index (χ0n) is 35.7. The lowest BCUT2D eigenvalue weighted by molar-refractivity contribution is -0.145. The third-order valence-corrected chi connectivity index (χ3v) is 9.78. The summed E-state index contributed by atoms with van der Waals surface area (Å²) in [5.74, 6) is -9.32. The number of phenols is 1. The number of aliphatic carboxylic acids is 2. The number of aliphatic imine (C=N–C) groups is 1. The Bertz CT molecular complexity index is 2060. The number of H-pyrrole nitrogens is 1. The Morgan fingerprint density at radius 1 is 0.773 bits per heavy atom. The molecule has 0 saturated carbocycles. The van der Waals surface area contributed by atoms with Gasteiger partial charge < -0.3 is 79.6 Å². The molecule has 0 aliphatic carbocycles. The van der Waals surface area contributed by atoms with Gasteiger partial charge in [0.2, 0.25) is 47.3 Å². The molecule has 1 aromatic carbocycles. The van der Waals surface area contributed by atoms with E-state index in [0.29, 0.717) is 17.7 Å². The van der Waals surface area contributed by atoms with E-state index in [1.54, 1.807) is 0 Å². The average Bonchev–Trinajstić information content (AvgIpc) is 3.99. The van der Waals surface area contributed by atoms with E-state index in [4.69, 9.17) is 22.3 Å². The van der Waals surface area contributed by atoms with Gasteiger partial charge in [0.1, 0.15) is 29.9 Å². The van der Waals surface area contributed by atoms with E-state index < -0.39 is 128 Å². The van der Waals surface area contributed by atoms with Crippen LogP contribution in [0.25, 0.3) is 0 Å². The van der Waals surface area contributed by atoms with Crippen molar-refractivity contribution in [3.8, 4) is 5.75 Å². The number of phenolic OH excluding ortho intramolecular Hbond substituents is 1. The zero-order chi connectivity index (χ0) is 48.8. The molecule has 1 aromatic heterocycles. The highest BCUT2D eigenvalue weighted by molar-refractivity contribution is 5.96. The molecule has 8 amide bonds. The zero-order valence-corrected chi connectivity index (χ0v) is 35.7. The number of imidazole rings is 1. The lowest BCUT2D eigenvalue weighted by atomic mass is 10.0. The second-order valence-corrected chi connectivity index (χ2v) is 15.0. The van der Waals surface area contributed by atoms with Crippen molar-refractivity contribution in [2.45, 2.75) is 81.6 Å². The highest BCUT2D eigenvalue weighted by Crippen LogP contribution is 2.21. The fourth-order valence-electron chi connectivity index (χ4n) is 6.43. The summed E-state index contributed by atoms with van der Waals surface area (Å²) in [4.78, 5) is 138. The van der Waals surface area contributed by atoms with Crippen LogP contribution < -0.4 is 54.4 Å². The summed E-state index contributed by atoms with van der Waals surface area (Å²) in [7, 11) is 0. The molecule has 0 radical (unpaired) electrons. The monoisotopic (exact) mass is 928 g/mol. The smallest absolute Gasteiger partial charge is 0.326 e. The molecule has 66 heavy (non-hydrogen) atoms. The second kappa shape index (κ2) is 26.7. The number of amides is 8. The standard InChI is InChI=1S/C39H56N14O13/c40-24(14-22-15-43-20-49-22)34(61)47-16-29(55)45-18-31(57)50-25(9-10-33(59)60)35(62)48-17-30(56)46-19-32(58)51-26(3-1-11-44-39(41)42)37(64)53-12-2-4-28(53)36(63)52-27(38(65)66)13-21-5-7-23(54)8-6-21/h5-8,15,20,24-28,54H,1-4,9-14,16-19,40H2,(H,43,49)(H,45,55)(H,46,56)(H,47,61)(H,48,62)(H,50,57)(H,51,58)(H,52,63)(H,59,60)(H,65,66)(H4,41,42,44)/t24-,25-,26-,27-,28-/m0/s1. The maximum atomic E-state index is 13.9. The highest BCUT2D eigenvalue weighted by atomic mass is 16.4. The number of benzene rings is 1. The number of aromatic amines is 1. The number of aromatic nitrogens is 2. The van der Waals surface area contributed by atoms with Gasteiger partial charge in [-0.1, -0.05) is 12.1 Å². The number of carbonyl (C=O) groups is 10. The van der Waals surface area contributed by atoms with Gasteiger partial charge in [-0.3, -0.25) is 48.1 Å². The van der Waals surface area contributed by atoms with Crippen LogP contribution in [-0.4, -0.2) is 165 Å². The maximum Gasteiger partial charge on any atom is 0.326 e. The SMILES string of the molecule is NC(N)=NCCC[C@H](NC(=O)CNC(=O)CNC(=O)[C@H](CCC(=O)O)NC(=O)CNC(=O)CNC(=O)[C@@H](N)Cc1cnc[nH]1)C(=O)N1CCC[C@H]1C(=O)N[C@@H](Cc1ccc(O)cc1)C(=O)O. The summed E-state index contributed by atoms with van der Waals surface area (Å²) in [5.41, 5.74) is 17.7. The molecule has 0 spiro atoms. The van der Waals surface area contributed by atoms with Gasteiger partial charge >= 0.3 is 11.9 Å². The van der Waals surface area contributed by atoms with Crippen LogP contribution in [0.5, 0.6) is 5.75 Å². The van der Waals surface area contributed by atoms with Crippen molar-refractivity contribution in [1.82, 2.24) is 52.1 Å². The summed E-state index contributed by atoms with van der Waals surface area (Å²) < 4.78 is 0. The summed E-state index contributed by atoms with van der Waals surface area (Å²) in [5, 5.41) is 44.8. The number of guanidine groups is 1. The minimum atomic E-state index is -1.47. The van der Waals surface area contributed by atoms with E-state index in [-0.39, 0.29) is 56.9 Å². The van der Waals surface area contributed by atoms with Crippen LogP contribution in [0.4, 0.5) is 0 Å². The number of nitrogens with two attached hydrogens (primary N) is 3. The topological polar surface area (TPSA) is 438 Å². The van der Waals surface area contributed by atoms with Crippen molar-refractivity contribution in [2.75, 3.05) is 39.3 Å². The largest absolute Gasteiger partial charge is 0.508 e. The molecule has 5 atom stereocenters. The van der Waals surface area contributed by atoms with Crippen molar-refractivity contribution in [2.24, 2.45) is 22.2 Å². The Morgan fingerprint density at radius 3 is 1.95 bits per heavy atom. The first-order valence-corrected chi connectivity index (χ1v) is 20.6. The second-order valence-electron chi connectivity index (χ2n) is 15.0. The van der Waals surface area contributed by atoms with Gasteiger partial charge in [-0.05, 0) is 49.8 Å². The van der Waals surface area contributed by atoms with Gasteiger partial charge in [0, 0.05) is 44.2 Å². The van der Waals surface area contributed by atoms with E-state index in [0.717, 1.165) is 0 Å². The Morgan fingerprint density at radius 2 is 1.38 bits per heavy atom. The summed E-state index contributed by atoms with van der Waals surface area (Å²) in [6.45, 7) is -2.45. The number of hydrogen-bond acceptors (Lipinski definition) is 14. The lowest BCUT2D eigenvalue weighted by Gasteiger charge is -2.29. The van der Waals surface area contributed by atoms with Gasteiger partial charge in [0.25, 0.3) is 0 Å². The van der Waals surface area contributed by atoms with E-state index in [2.05, 4.69) is 52.2 Å². The van der Waals surface area contributed by atoms with Crippen molar-refractivity contribution < 1.29 is 63.3 Å². The first-order chi connectivity index (χ1) is 31.3. The van der Waals surface area contributed by atoms with Crippen LogP contribution in [0.2, 0.25) is 0 Å². The maximum absolute atomic E-state index is 13.9. The fourth-order valence-corrected chi connectivity index (χ4v) is 6.43. The number of hydrogen-bond donors (Lipinski definition) is 14. The molecule has 1 aliphatic rings. The van der Waals surface area contributed by atoms with E-state index in [9.17, 15) is 58.2 Å². The molecule has 0 bridgehead atoms. The number of rotatable bonds is 27. The van der Waals surface area contributed by atoms with E-state index >= 15 is 0 Å². The van der Waals surface area contributed by atoms with Gasteiger partial charge in [-0.25, -0.2) is 9.78 Å². The molecule has 27 heteroatoms. The fraction of sp³-hybridized carbons (Fsp3) is 0.487. The molecular formula is C39H56N14O13. The Balaban J connectivity index is 1.52. The van der Waals surface area contributed by atoms with Crippen molar-refractivity contribution >= 4 is 65.2 Å². The molecule has 2 aromatic rings. The Kier molecular flexibility index (Phi) is 21.2. The van der Waals surface area contributed by atoms with E-state index in [1.165, 1.54) is 41.7 Å². The first kappa shape index (κ1) is 52.5. The van der Waals surface area contributed by atoms with Gasteiger partial charge in [-0.15, -0.1) is 0 Å². The molecule has 2 heterocycles. The molecule has 0 unspecified atom stereocenters. The molecule has 3 rings (SSSR count). The first-order valence-electron chi connectivity index (χ1n) is 20.6. The van der Waals surface area contributed by atoms with Crippen molar-refractivity contribution in [3.63, 3.8) is 0 Å². The normalized spacial score (nSPS) is 14.8. The van der Waals surface area contributed by atoms with Gasteiger partial charge in [-0.2, -0.15) is 0 Å². The quantitative estimate of drug-likeness (QED) is 0.0225. The third-order valence-electron chi connectivity index (χ3n) is 9.78. The molecular weight excluding hydrogens is 873 g/mol. The number of carboxylic acid groups (broad SMARTS) is 2. The summed E-state index contributed by atoms with van der Waals surface area (Å²) >= 11 is 0. The molecule has 27 nitrogen and oxygen atoms in total. The number of carbonyl (C=O) groups excluding carboxylic acids is 8. The molecule has 17 N–H and O–H groups in total. The van der Waals surface area contributed by atoms with Crippen molar-refractivity contribution in [3.05, 3.63) is 48.0 Å². The predicted octanol–water partition coefficient (Wildman–Crippen LogP) is -5.86. The Hall–Kier alpha value is -7.84. The van der Waals surface area contributed by atoms with Crippen LogP contribution in [0.1, 0.15) is 49.8 Å². The van der Waals surface area contributed by atoms with Gasteiger partial charge in [0.05, 0.1) is 38.5 Å². The summed E-state index contributed by atoms with van der Waals surface area (Å²) in [6.07, 6.45) is 2.68. The highest BCUT2D eigenvalue weighted by Gasteiger charge is 2.39. The van der Waals surface area contributed by atoms with Crippen LogP contribution in [0.3, 0.4) is 0 Å². The number of carboxylic acids is 2. The number of nitrogens with zero attached hydrogens (tertiary/aromatic N) is 3. The minimum absolute atomic E-state index is 0.0134. The minimum Gasteiger partial charge on any atom is -0.508 e. The molecule has 1 saturated heterocycles. The summed E-state index contributed by atoms with van der Waals surface area (Å²) in [6, 6.07) is -0.413. The van der Waals surface area contributed by atoms with Gasteiger partial charge in [0.15, 0.2) is 5.96 Å². The number of nitrogens with one attached hydrogen (secondary N) is 8. The number of aromatic hydroxyl groups is 1. The van der Waals surface area contributed by atoms with Crippen molar-refractivity contribution in [1.29, 1.82) is 0 Å². The van der Waals surface area contributed by atoms with Crippen LogP contribution >= 0.6 is 0 Å². The molecule has 360 valence electrons. The Labute approximate surface area is 376 Å². The average molecular weight is 929 g/mol. The lowest BCUT2D eigenvalue weighted by Crippen LogP contribution is -2.56. The number of likely N-dealkylation sites (tertiary alicyclic amines) is 1. The third kappa shape index (κ3) is 18.9.